The molecule has 7 heteroatoms. The zero-order valence-electron chi connectivity index (χ0n) is 9.82. The van der Waals surface area contributed by atoms with E-state index in [2.05, 4.69) is 10.9 Å². The molecular formula is C11H13N2O4S-. The molecule has 0 atom stereocenters. The predicted octanol–water partition coefficient (Wildman–Crippen LogP) is -0.262. The van der Waals surface area contributed by atoms with E-state index in [-0.39, 0.29) is 25.2 Å². The third-order valence-electron chi connectivity index (χ3n) is 2.17. The van der Waals surface area contributed by atoms with E-state index in [9.17, 15) is 19.5 Å². The summed E-state index contributed by atoms with van der Waals surface area (Å²) in [6.45, 7) is 1.80. The lowest BCUT2D eigenvalue weighted by molar-refractivity contribution is -0.305. The van der Waals surface area contributed by atoms with Crippen molar-refractivity contribution in [2.75, 3.05) is 0 Å². The summed E-state index contributed by atoms with van der Waals surface area (Å²) >= 11 is 1.28. The van der Waals surface area contributed by atoms with Gasteiger partial charge in [-0.25, -0.2) is 0 Å². The molecule has 0 spiro atoms. The van der Waals surface area contributed by atoms with Crippen molar-refractivity contribution in [1.29, 1.82) is 0 Å². The maximum absolute atomic E-state index is 11.6. The summed E-state index contributed by atoms with van der Waals surface area (Å²) in [5.41, 5.74) is 5.34. The van der Waals surface area contributed by atoms with Gasteiger partial charge in [0.15, 0.2) is 0 Å². The number of carbonyl (C=O) groups excluding carboxylic acids is 3. The molecule has 0 radical (unpaired) electrons. The van der Waals surface area contributed by atoms with Crippen LogP contribution in [0.25, 0.3) is 0 Å². The van der Waals surface area contributed by atoms with E-state index in [0.717, 1.165) is 5.56 Å². The fourth-order valence-corrected chi connectivity index (χ4v) is 2.06. The van der Waals surface area contributed by atoms with Gasteiger partial charge < -0.3 is 9.90 Å². The SMILES string of the molecule is Cc1ccsc1C(=O)NNC(=O)CCCC(=O)[O-]. The minimum absolute atomic E-state index is 0.0255. The number of hydrogen-bond acceptors (Lipinski definition) is 5. The van der Waals surface area contributed by atoms with Crippen LogP contribution in [0.15, 0.2) is 11.4 Å². The second kappa shape index (κ2) is 6.75. The summed E-state index contributed by atoms with van der Waals surface area (Å²) < 4.78 is 0. The lowest BCUT2D eigenvalue weighted by atomic mass is 10.2. The van der Waals surface area contributed by atoms with E-state index >= 15 is 0 Å². The molecule has 2 amide bonds. The third-order valence-corrected chi connectivity index (χ3v) is 3.18. The zero-order chi connectivity index (χ0) is 13.5. The van der Waals surface area contributed by atoms with Crippen LogP contribution in [0.5, 0.6) is 0 Å². The van der Waals surface area contributed by atoms with Gasteiger partial charge in [0.2, 0.25) is 5.91 Å². The average molecular weight is 269 g/mol. The van der Waals surface area contributed by atoms with Crippen LogP contribution in [-0.2, 0) is 9.59 Å². The number of amides is 2. The fourth-order valence-electron chi connectivity index (χ4n) is 1.24. The van der Waals surface area contributed by atoms with Gasteiger partial charge in [0.05, 0.1) is 4.88 Å². The number of nitrogens with one attached hydrogen (secondary N) is 2. The number of carbonyl (C=O) groups is 3. The molecule has 6 nitrogen and oxygen atoms in total. The first-order valence-electron chi connectivity index (χ1n) is 5.34. The molecular weight excluding hydrogens is 256 g/mol. The number of hydrogen-bond donors (Lipinski definition) is 2. The first kappa shape index (κ1) is 14.2. The normalized spacial score (nSPS) is 9.83. The Labute approximate surface area is 108 Å². The summed E-state index contributed by atoms with van der Waals surface area (Å²) in [6, 6.07) is 1.81. The van der Waals surface area contributed by atoms with Gasteiger partial charge in [0.1, 0.15) is 0 Å². The lowest BCUT2D eigenvalue weighted by Gasteiger charge is -2.07. The van der Waals surface area contributed by atoms with Crippen molar-refractivity contribution in [2.24, 2.45) is 0 Å². The predicted molar refractivity (Wildman–Crippen MR) is 63.5 cm³/mol. The molecule has 1 aromatic heterocycles. The monoisotopic (exact) mass is 269 g/mol. The summed E-state index contributed by atoms with van der Waals surface area (Å²) in [7, 11) is 0. The quantitative estimate of drug-likeness (QED) is 0.719. The molecule has 0 aliphatic carbocycles. The van der Waals surface area contributed by atoms with E-state index in [1.54, 1.807) is 18.4 Å². The van der Waals surface area contributed by atoms with E-state index in [1.165, 1.54) is 11.3 Å². The molecule has 2 N–H and O–H groups in total. The molecule has 0 unspecified atom stereocenters. The topological polar surface area (TPSA) is 98.3 Å². The van der Waals surface area contributed by atoms with Crippen molar-refractivity contribution in [2.45, 2.75) is 26.2 Å². The Morgan fingerprint density at radius 2 is 2.00 bits per heavy atom. The van der Waals surface area contributed by atoms with Crippen molar-refractivity contribution in [1.82, 2.24) is 10.9 Å². The van der Waals surface area contributed by atoms with Crippen LogP contribution in [0, 0.1) is 6.92 Å². The van der Waals surface area contributed by atoms with Crippen LogP contribution < -0.4 is 16.0 Å². The Hall–Kier alpha value is -1.89. The van der Waals surface area contributed by atoms with Crippen LogP contribution in [-0.4, -0.2) is 17.8 Å². The van der Waals surface area contributed by atoms with Crippen molar-refractivity contribution < 1.29 is 19.5 Å². The molecule has 0 fully saturated rings. The molecule has 0 aromatic carbocycles. The Balaban J connectivity index is 2.28. The second-order valence-electron chi connectivity index (χ2n) is 3.66. The molecule has 0 aliphatic heterocycles. The highest BCUT2D eigenvalue weighted by Gasteiger charge is 2.10. The lowest BCUT2D eigenvalue weighted by Crippen LogP contribution is -2.41. The first-order valence-corrected chi connectivity index (χ1v) is 6.22. The van der Waals surface area contributed by atoms with Gasteiger partial charge in [-0.05, 0) is 36.8 Å². The van der Waals surface area contributed by atoms with Gasteiger partial charge in [-0.1, -0.05) is 0 Å². The highest BCUT2D eigenvalue weighted by molar-refractivity contribution is 7.12. The Kier molecular flexibility index (Phi) is 5.31. The summed E-state index contributed by atoms with van der Waals surface area (Å²) in [4.78, 5) is 33.5. The smallest absolute Gasteiger partial charge is 0.280 e. The number of rotatable bonds is 5. The van der Waals surface area contributed by atoms with Crippen molar-refractivity contribution in [3.63, 3.8) is 0 Å². The van der Waals surface area contributed by atoms with Crippen LogP contribution in [0.3, 0.4) is 0 Å². The average Bonchev–Trinajstić information content (AvgIpc) is 2.72. The van der Waals surface area contributed by atoms with E-state index in [0.29, 0.717) is 4.88 Å². The summed E-state index contributed by atoms with van der Waals surface area (Å²) in [6.07, 6.45) is 0.0329. The van der Waals surface area contributed by atoms with E-state index in [4.69, 9.17) is 0 Å². The molecule has 0 saturated carbocycles. The minimum atomic E-state index is -1.19. The summed E-state index contributed by atoms with van der Waals surface area (Å²) in [5.74, 6) is -2.00. The molecule has 1 rings (SSSR count). The minimum Gasteiger partial charge on any atom is -0.550 e. The Morgan fingerprint density at radius 1 is 1.28 bits per heavy atom. The maximum atomic E-state index is 11.6. The molecule has 1 heterocycles. The number of carboxylic acids is 1. The van der Waals surface area contributed by atoms with Gasteiger partial charge >= 0.3 is 0 Å². The van der Waals surface area contributed by atoms with Crippen LogP contribution >= 0.6 is 11.3 Å². The highest BCUT2D eigenvalue weighted by Crippen LogP contribution is 2.14. The third kappa shape index (κ3) is 4.54. The molecule has 0 aliphatic rings. The number of thiophene rings is 1. The summed E-state index contributed by atoms with van der Waals surface area (Å²) in [5, 5.41) is 11.9. The largest absolute Gasteiger partial charge is 0.550 e. The van der Waals surface area contributed by atoms with Crippen molar-refractivity contribution >= 4 is 29.1 Å². The van der Waals surface area contributed by atoms with Gasteiger partial charge in [-0.15, -0.1) is 11.3 Å². The van der Waals surface area contributed by atoms with Gasteiger partial charge in [-0.2, -0.15) is 0 Å². The maximum Gasteiger partial charge on any atom is 0.280 e. The number of aryl methyl sites for hydroxylation is 1. The number of hydrazine groups is 1. The molecule has 98 valence electrons. The first-order chi connectivity index (χ1) is 8.50. The Morgan fingerprint density at radius 3 is 2.56 bits per heavy atom. The standard InChI is InChI=1S/C11H14N2O4S/c1-7-5-6-18-10(7)11(17)13-12-8(14)3-2-4-9(15)16/h5-6H,2-4H2,1H3,(H,12,14)(H,13,17)(H,15,16)/p-1. The highest BCUT2D eigenvalue weighted by atomic mass is 32.1. The van der Waals surface area contributed by atoms with Crippen molar-refractivity contribution in [3.05, 3.63) is 21.9 Å². The molecule has 0 saturated heterocycles. The molecule has 18 heavy (non-hydrogen) atoms. The molecule has 0 bridgehead atoms. The Bertz CT molecular complexity index is 456. The fraction of sp³-hybridized carbons (Fsp3) is 0.364. The van der Waals surface area contributed by atoms with Gasteiger partial charge in [0.25, 0.3) is 5.91 Å². The van der Waals surface area contributed by atoms with E-state index < -0.39 is 11.9 Å². The molecule has 1 aromatic rings. The van der Waals surface area contributed by atoms with Crippen LogP contribution in [0.1, 0.15) is 34.5 Å². The number of aliphatic carboxylic acids is 1. The number of carboxylic acid groups (broad SMARTS) is 1. The van der Waals surface area contributed by atoms with E-state index in [1.807, 2.05) is 0 Å². The van der Waals surface area contributed by atoms with Crippen LogP contribution in [0.4, 0.5) is 0 Å². The van der Waals surface area contributed by atoms with Crippen molar-refractivity contribution in [3.8, 4) is 0 Å². The second-order valence-corrected chi connectivity index (χ2v) is 4.58. The van der Waals surface area contributed by atoms with Crippen LogP contribution in [0.2, 0.25) is 0 Å². The van der Waals surface area contributed by atoms with Gasteiger partial charge in [0, 0.05) is 12.4 Å². The van der Waals surface area contributed by atoms with Gasteiger partial charge in [-0.3, -0.25) is 20.4 Å². The zero-order valence-corrected chi connectivity index (χ0v) is 10.6.